The summed E-state index contributed by atoms with van der Waals surface area (Å²) in [6, 6.07) is 7.30. The molecule has 0 bridgehead atoms. The molecule has 11 nitrogen and oxygen atoms in total. The van der Waals surface area contributed by atoms with Gasteiger partial charge in [0.2, 0.25) is 5.91 Å². The van der Waals surface area contributed by atoms with Crippen molar-refractivity contribution in [2.75, 3.05) is 0 Å². The van der Waals surface area contributed by atoms with Crippen molar-refractivity contribution in [1.82, 2.24) is 19.8 Å². The molecule has 1 aliphatic rings. The number of nitrogens with zero attached hydrogens (tertiary/aromatic N) is 3. The Bertz CT molecular complexity index is 1240. The van der Waals surface area contributed by atoms with Gasteiger partial charge in [0.15, 0.2) is 0 Å². The van der Waals surface area contributed by atoms with E-state index in [0.29, 0.717) is 17.8 Å². The maximum Gasteiger partial charge on any atom is 0.420 e. The van der Waals surface area contributed by atoms with Crippen LogP contribution in [0.15, 0.2) is 36.7 Å². The summed E-state index contributed by atoms with van der Waals surface area (Å²) in [4.78, 5) is 58.6. The van der Waals surface area contributed by atoms with Crippen LogP contribution in [-0.2, 0) is 43.4 Å². The van der Waals surface area contributed by atoms with E-state index >= 15 is 0 Å². The predicted octanol–water partition coefficient (Wildman–Crippen LogP) is 4.60. The number of aromatic nitrogens is 2. The third-order valence-electron chi connectivity index (χ3n) is 6.55. The van der Waals surface area contributed by atoms with E-state index in [4.69, 9.17) is 14.2 Å². The Morgan fingerprint density at radius 1 is 1.00 bits per heavy atom. The summed E-state index contributed by atoms with van der Waals surface area (Å²) < 4.78 is 17.9. The van der Waals surface area contributed by atoms with Crippen LogP contribution in [0.1, 0.15) is 78.8 Å². The van der Waals surface area contributed by atoms with Crippen LogP contribution < -0.4 is 5.32 Å². The molecule has 11 heteroatoms. The van der Waals surface area contributed by atoms with Gasteiger partial charge in [0, 0.05) is 6.42 Å². The van der Waals surface area contributed by atoms with Crippen molar-refractivity contribution < 1.29 is 33.4 Å². The highest BCUT2D eigenvalue weighted by Crippen LogP contribution is 2.26. The second kappa shape index (κ2) is 12.7. The van der Waals surface area contributed by atoms with Gasteiger partial charge in [-0.2, -0.15) is 0 Å². The topological polar surface area (TPSA) is 129 Å². The fraction of sp³-hybridized carbons (Fsp3) is 0.567. The van der Waals surface area contributed by atoms with Crippen LogP contribution in [0.5, 0.6) is 0 Å². The number of carbonyl (C=O) groups excluding carboxylic acids is 4. The predicted molar refractivity (Wildman–Crippen MR) is 151 cm³/mol. The number of esters is 1. The molecule has 41 heavy (non-hydrogen) atoms. The number of rotatable bonds is 7. The van der Waals surface area contributed by atoms with Crippen LogP contribution >= 0.6 is 0 Å². The molecular formula is C30H42N4O7. The van der Waals surface area contributed by atoms with E-state index in [9.17, 15) is 19.2 Å². The van der Waals surface area contributed by atoms with Gasteiger partial charge in [0.25, 0.3) is 0 Å². The molecule has 1 N–H and O–H groups in total. The summed E-state index contributed by atoms with van der Waals surface area (Å²) in [5, 5.41) is 2.82. The lowest BCUT2D eigenvalue weighted by Crippen LogP contribution is -2.57. The van der Waals surface area contributed by atoms with E-state index < -0.39 is 47.3 Å². The molecule has 3 rings (SSSR count). The SMILES string of the molecule is CC[C@H](C)[C@H](NC(=O)[C@@H]1Cc2ncn(C(=O)OC(C)(C)C)c2CN1C(=O)OC(C)(C)C)C(=O)OCc1ccccc1. The summed E-state index contributed by atoms with van der Waals surface area (Å²) in [5.74, 6) is -1.34. The zero-order valence-corrected chi connectivity index (χ0v) is 25.2. The Labute approximate surface area is 241 Å². The van der Waals surface area contributed by atoms with Crippen molar-refractivity contribution in [1.29, 1.82) is 0 Å². The average molecular weight is 571 g/mol. The van der Waals surface area contributed by atoms with Crippen LogP contribution in [0.4, 0.5) is 9.59 Å². The summed E-state index contributed by atoms with van der Waals surface area (Å²) in [7, 11) is 0. The molecule has 0 spiro atoms. The fourth-order valence-electron chi connectivity index (χ4n) is 4.27. The van der Waals surface area contributed by atoms with Crippen LogP contribution in [0.3, 0.4) is 0 Å². The number of nitrogens with one attached hydrogen (secondary N) is 1. The highest BCUT2D eigenvalue weighted by atomic mass is 16.6. The van der Waals surface area contributed by atoms with Crippen LogP contribution in [-0.4, -0.2) is 61.8 Å². The minimum atomic E-state index is -1.03. The molecule has 0 fully saturated rings. The Hall–Kier alpha value is -3.89. The van der Waals surface area contributed by atoms with Gasteiger partial charge in [-0.05, 0) is 53.0 Å². The normalized spacial score (nSPS) is 16.7. The van der Waals surface area contributed by atoms with Gasteiger partial charge in [-0.25, -0.2) is 23.9 Å². The third kappa shape index (κ3) is 8.55. The zero-order chi connectivity index (χ0) is 30.5. The Morgan fingerprint density at radius 2 is 1.61 bits per heavy atom. The molecule has 0 saturated carbocycles. The number of benzene rings is 1. The molecule has 2 heterocycles. The first-order chi connectivity index (χ1) is 19.1. The van der Waals surface area contributed by atoms with Gasteiger partial charge < -0.3 is 19.5 Å². The molecule has 224 valence electrons. The number of imidazole rings is 1. The van der Waals surface area contributed by atoms with Gasteiger partial charge in [-0.3, -0.25) is 9.69 Å². The lowest BCUT2D eigenvalue weighted by atomic mass is 9.97. The zero-order valence-electron chi connectivity index (χ0n) is 25.2. The van der Waals surface area contributed by atoms with Crippen molar-refractivity contribution in [2.45, 2.75) is 105 Å². The van der Waals surface area contributed by atoms with E-state index in [-0.39, 0.29) is 25.5 Å². The number of hydrogen-bond acceptors (Lipinski definition) is 8. The first kappa shape index (κ1) is 31.6. The second-order valence-corrected chi connectivity index (χ2v) is 12.3. The number of amides is 2. The first-order valence-corrected chi connectivity index (χ1v) is 13.9. The minimum Gasteiger partial charge on any atom is -0.459 e. The molecule has 3 atom stereocenters. The Morgan fingerprint density at radius 3 is 2.20 bits per heavy atom. The van der Waals surface area contributed by atoms with Crippen LogP contribution in [0, 0.1) is 5.92 Å². The highest BCUT2D eigenvalue weighted by molar-refractivity contribution is 5.90. The number of carbonyl (C=O) groups is 4. The molecule has 1 aromatic heterocycles. The van der Waals surface area contributed by atoms with Gasteiger partial charge in [0.1, 0.15) is 36.2 Å². The van der Waals surface area contributed by atoms with Gasteiger partial charge >= 0.3 is 18.2 Å². The Kier molecular flexibility index (Phi) is 9.83. The van der Waals surface area contributed by atoms with E-state index in [1.807, 2.05) is 44.2 Å². The van der Waals surface area contributed by atoms with Gasteiger partial charge in [-0.15, -0.1) is 0 Å². The minimum absolute atomic E-state index is 0.0164. The highest BCUT2D eigenvalue weighted by Gasteiger charge is 2.41. The Balaban J connectivity index is 1.86. The summed E-state index contributed by atoms with van der Waals surface area (Å²) in [6.07, 6.45) is 0.580. The van der Waals surface area contributed by atoms with Crippen molar-refractivity contribution in [2.24, 2.45) is 5.92 Å². The van der Waals surface area contributed by atoms with Crippen molar-refractivity contribution >= 4 is 24.1 Å². The molecule has 0 unspecified atom stereocenters. The van der Waals surface area contributed by atoms with Crippen molar-refractivity contribution in [3.63, 3.8) is 0 Å². The standard InChI is InChI=1S/C30H42N4O7/c1-9-19(2)24(26(36)39-17-20-13-11-10-12-14-20)32-25(35)22-15-21-23(16-33(22)27(37)40-29(3,4)5)34(18-31-21)28(38)41-30(6,7)8/h10-14,18-19,22,24H,9,15-17H2,1-8H3,(H,32,35)/t19-,22-,24-/m0/s1. The van der Waals surface area contributed by atoms with Gasteiger partial charge in [-0.1, -0.05) is 50.6 Å². The first-order valence-electron chi connectivity index (χ1n) is 13.9. The smallest absolute Gasteiger partial charge is 0.420 e. The molecule has 2 aromatic rings. The molecule has 0 radical (unpaired) electrons. The molecule has 0 saturated heterocycles. The monoisotopic (exact) mass is 570 g/mol. The third-order valence-corrected chi connectivity index (χ3v) is 6.55. The molecule has 2 amide bonds. The lowest BCUT2D eigenvalue weighted by Gasteiger charge is -2.36. The maximum absolute atomic E-state index is 13.7. The van der Waals surface area contributed by atoms with Crippen LogP contribution in [0.2, 0.25) is 0 Å². The van der Waals surface area contributed by atoms with E-state index in [2.05, 4.69) is 10.3 Å². The number of fused-ring (bicyclic) bond motifs is 1. The fourth-order valence-corrected chi connectivity index (χ4v) is 4.27. The second-order valence-electron chi connectivity index (χ2n) is 12.3. The van der Waals surface area contributed by atoms with Crippen molar-refractivity contribution in [3.05, 3.63) is 53.6 Å². The number of hydrogen-bond donors (Lipinski definition) is 1. The summed E-state index contributed by atoms with van der Waals surface area (Å²) in [5.41, 5.74) is 0.157. The van der Waals surface area contributed by atoms with Gasteiger partial charge in [0.05, 0.1) is 17.9 Å². The van der Waals surface area contributed by atoms with E-state index in [0.717, 1.165) is 5.56 Å². The molecule has 0 aliphatic carbocycles. The quantitative estimate of drug-likeness (QED) is 0.378. The molecular weight excluding hydrogens is 528 g/mol. The summed E-state index contributed by atoms with van der Waals surface area (Å²) >= 11 is 0. The maximum atomic E-state index is 13.7. The number of ether oxygens (including phenoxy) is 3. The average Bonchev–Trinajstić information content (AvgIpc) is 3.31. The lowest BCUT2D eigenvalue weighted by molar-refractivity contribution is -0.151. The largest absolute Gasteiger partial charge is 0.459 e. The van der Waals surface area contributed by atoms with E-state index in [1.54, 1.807) is 41.5 Å². The molecule has 1 aliphatic heterocycles. The van der Waals surface area contributed by atoms with Crippen molar-refractivity contribution in [3.8, 4) is 0 Å². The summed E-state index contributed by atoms with van der Waals surface area (Å²) in [6.45, 7) is 14.1. The van der Waals surface area contributed by atoms with Crippen LogP contribution in [0.25, 0.3) is 0 Å². The van der Waals surface area contributed by atoms with E-state index in [1.165, 1.54) is 15.8 Å². The molecule has 1 aromatic carbocycles.